The van der Waals surface area contributed by atoms with Crippen molar-refractivity contribution in [3.63, 3.8) is 0 Å². The molecule has 0 fully saturated rings. The van der Waals surface area contributed by atoms with E-state index >= 15 is 0 Å². The molecule has 10 heteroatoms. The zero-order chi connectivity index (χ0) is 19.0. The monoisotopic (exact) mass is 428 g/mol. The number of hydrogen-bond donors (Lipinski definition) is 3. The van der Waals surface area contributed by atoms with E-state index in [1.807, 2.05) is 0 Å². The van der Waals surface area contributed by atoms with Crippen LogP contribution < -0.4 is 20.7 Å². The maximum atomic E-state index is 10.1. The second-order valence-electron chi connectivity index (χ2n) is 5.57. The second kappa shape index (κ2) is 6.72. The quantitative estimate of drug-likeness (QED) is 0.254. The molecule has 0 saturated heterocycles. The first-order valence-electron chi connectivity index (χ1n) is 7.76. The van der Waals surface area contributed by atoms with E-state index in [1.165, 1.54) is 6.21 Å². The molecule has 0 atom stereocenters. The van der Waals surface area contributed by atoms with E-state index in [-0.39, 0.29) is 23.8 Å². The molecule has 0 spiro atoms. The maximum Gasteiger partial charge on any atom is 0.231 e. The number of para-hydroxylation sites is 2. The highest BCUT2D eigenvalue weighted by molar-refractivity contribution is 9.10. The Morgan fingerprint density at radius 3 is 2.85 bits per heavy atom. The van der Waals surface area contributed by atoms with Gasteiger partial charge in [0.2, 0.25) is 6.79 Å². The average molecular weight is 429 g/mol. The molecule has 27 heavy (non-hydrogen) atoms. The minimum atomic E-state index is -0.283. The van der Waals surface area contributed by atoms with Gasteiger partial charge in [-0.15, -0.1) is 5.10 Å². The van der Waals surface area contributed by atoms with Crippen LogP contribution in [0.15, 0.2) is 51.1 Å². The number of nitrogens with zero attached hydrogens (tertiary/aromatic N) is 4. The number of nitrogens with one attached hydrogen (secondary N) is 1. The summed E-state index contributed by atoms with van der Waals surface area (Å²) >= 11 is 3.43. The Morgan fingerprint density at radius 2 is 2.04 bits per heavy atom. The van der Waals surface area contributed by atoms with Gasteiger partial charge in [-0.3, -0.25) is 5.41 Å². The molecule has 9 nitrogen and oxygen atoms in total. The summed E-state index contributed by atoms with van der Waals surface area (Å²) in [6.07, 6.45) is 1.48. The number of rotatable bonds is 3. The van der Waals surface area contributed by atoms with Gasteiger partial charge in [-0.05, 0) is 40.2 Å². The average Bonchev–Trinajstić information content (AvgIpc) is 3.11. The molecule has 3 aromatic rings. The lowest BCUT2D eigenvalue weighted by molar-refractivity contribution is 0.174. The lowest BCUT2D eigenvalue weighted by Crippen LogP contribution is -2.31. The van der Waals surface area contributed by atoms with Crippen molar-refractivity contribution >= 4 is 39.0 Å². The Labute approximate surface area is 161 Å². The molecule has 0 bridgehead atoms. The van der Waals surface area contributed by atoms with Crippen molar-refractivity contribution in [2.45, 2.75) is 0 Å². The van der Waals surface area contributed by atoms with Crippen molar-refractivity contribution in [2.24, 2.45) is 15.9 Å². The van der Waals surface area contributed by atoms with Crippen LogP contribution in [0.5, 0.6) is 11.5 Å². The van der Waals surface area contributed by atoms with Crippen molar-refractivity contribution in [1.29, 1.82) is 5.41 Å². The molecule has 0 saturated carbocycles. The van der Waals surface area contributed by atoms with Crippen LogP contribution in [0.4, 0.5) is 0 Å². The summed E-state index contributed by atoms with van der Waals surface area (Å²) in [5.74, 6) is 1.16. The van der Waals surface area contributed by atoms with Gasteiger partial charge < -0.3 is 20.4 Å². The summed E-state index contributed by atoms with van der Waals surface area (Å²) in [6.45, 7) is 0.175. The van der Waals surface area contributed by atoms with Crippen LogP contribution in [0.3, 0.4) is 0 Å². The van der Waals surface area contributed by atoms with Crippen LogP contribution in [0.1, 0.15) is 11.3 Å². The van der Waals surface area contributed by atoms with Crippen LogP contribution in [-0.2, 0) is 0 Å². The van der Waals surface area contributed by atoms with E-state index in [4.69, 9.17) is 20.6 Å². The summed E-state index contributed by atoms with van der Waals surface area (Å²) < 4.78 is 12.1. The third kappa shape index (κ3) is 3.10. The SMILES string of the molecule is N=c1c(C(N)=N/N=C\c2cc3c(cc2Br)OCO3)nc2ccccc2n1O. The van der Waals surface area contributed by atoms with Gasteiger partial charge in [-0.25, -0.2) is 4.98 Å². The van der Waals surface area contributed by atoms with Crippen LogP contribution in [0, 0.1) is 5.41 Å². The number of nitrogens with two attached hydrogens (primary N) is 1. The fourth-order valence-corrected chi connectivity index (χ4v) is 2.97. The molecule has 1 aliphatic heterocycles. The molecule has 2 aromatic carbocycles. The van der Waals surface area contributed by atoms with E-state index in [0.29, 0.717) is 32.8 Å². The molecule has 0 unspecified atom stereocenters. The number of amidine groups is 1. The number of ether oxygens (including phenoxy) is 2. The Morgan fingerprint density at radius 1 is 1.30 bits per heavy atom. The minimum Gasteiger partial charge on any atom is -0.454 e. The summed E-state index contributed by atoms with van der Waals surface area (Å²) in [7, 11) is 0. The van der Waals surface area contributed by atoms with Crippen molar-refractivity contribution in [2.75, 3.05) is 6.79 Å². The molecular formula is C17H13BrN6O3. The first-order valence-corrected chi connectivity index (χ1v) is 8.55. The minimum absolute atomic E-state index is 0.0260. The summed E-state index contributed by atoms with van der Waals surface area (Å²) in [4.78, 5) is 4.28. The standard InChI is InChI=1S/C17H13BrN6O3/c18-10-6-14-13(26-8-27-14)5-9(10)7-21-23-16(19)15-17(20)24(25)12-4-2-1-3-11(12)22-15/h1-7,20,25H,8H2,(H2,19,23)/b20-17?,21-7-. The van der Waals surface area contributed by atoms with Crippen molar-refractivity contribution in [1.82, 2.24) is 9.71 Å². The van der Waals surface area contributed by atoms with E-state index in [9.17, 15) is 5.21 Å². The van der Waals surface area contributed by atoms with Crippen molar-refractivity contribution in [3.8, 4) is 11.5 Å². The smallest absolute Gasteiger partial charge is 0.231 e. The Kier molecular flexibility index (Phi) is 4.24. The van der Waals surface area contributed by atoms with Gasteiger partial charge in [0.05, 0.1) is 11.7 Å². The zero-order valence-electron chi connectivity index (χ0n) is 13.8. The third-order valence-corrected chi connectivity index (χ3v) is 4.56. The highest BCUT2D eigenvalue weighted by Gasteiger charge is 2.15. The van der Waals surface area contributed by atoms with Crippen LogP contribution in [0.2, 0.25) is 0 Å². The lowest BCUT2D eigenvalue weighted by Gasteiger charge is -2.07. The van der Waals surface area contributed by atoms with Gasteiger partial charge in [-0.1, -0.05) is 12.1 Å². The first kappa shape index (κ1) is 17.0. The van der Waals surface area contributed by atoms with E-state index in [1.54, 1.807) is 36.4 Å². The first-order chi connectivity index (χ1) is 13.0. The largest absolute Gasteiger partial charge is 0.454 e. The second-order valence-corrected chi connectivity index (χ2v) is 6.42. The molecule has 4 rings (SSSR count). The van der Waals surface area contributed by atoms with Gasteiger partial charge in [0, 0.05) is 10.0 Å². The Bertz CT molecular complexity index is 1170. The van der Waals surface area contributed by atoms with Gasteiger partial charge >= 0.3 is 0 Å². The normalized spacial score (nSPS) is 13.6. The molecule has 4 N–H and O–H groups in total. The van der Waals surface area contributed by atoms with E-state index < -0.39 is 0 Å². The molecule has 136 valence electrons. The third-order valence-electron chi connectivity index (χ3n) is 3.88. The molecule has 2 heterocycles. The Balaban J connectivity index is 1.67. The van der Waals surface area contributed by atoms with Crippen molar-refractivity contribution in [3.05, 3.63) is 57.6 Å². The summed E-state index contributed by atoms with van der Waals surface area (Å²) in [5, 5.41) is 26.0. The number of benzene rings is 2. The highest BCUT2D eigenvalue weighted by Crippen LogP contribution is 2.36. The van der Waals surface area contributed by atoms with Gasteiger partial charge in [0.1, 0.15) is 5.52 Å². The summed E-state index contributed by atoms with van der Waals surface area (Å²) in [5.41, 5.74) is 7.25. The maximum absolute atomic E-state index is 10.1. The molecule has 0 amide bonds. The van der Waals surface area contributed by atoms with E-state index in [2.05, 4.69) is 31.1 Å². The van der Waals surface area contributed by atoms with E-state index in [0.717, 1.165) is 4.47 Å². The predicted octanol–water partition coefficient (Wildman–Crippen LogP) is 1.98. The number of halogens is 1. The van der Waals surface area contributed by atoms with Crippen LogP contribution in [0.25, 0.3) is 11.0 Å². The highest BCUT2D eigenvalue weighted by atomic mass is 79.9. The lowest BCUT2D eigenvalue weighted by atomic mass is 10.2. The fourth-order valence-electron chi connectivity index (χ4n) is 2.54. The topological polar surface area (TPSA) is 131 Å². The predicted molar refractivity (Wildman–Crippen MR) is 101 cm³/mol. The zero-order valence-corrected chi connectivity index (χ0v) is 15.3. The van der Waals surface area contributed by atoms with Gasteiger partial charge in [0.15, 0.2) is 28.5 Å². The van der Waals surface area contributed by atoms with Gasteiger partial charge in [-0.2, -0.15) is 9.83 Å². The van der Waals surface area contributed by atoms with Crippen LogP contribution >= 0.6 is 15.9 Å². The number of hydrogen-bond acceptors (Lipinski definition) is 7. The molecule has 0 radical (unpaired) electrons. The van der Waals surface area contributed by atoms with Gasteiger partial charge in [0.25, 0.3) is 0 Å². The van der Waals surface area contributed by atoms with Crippen LogP contribution in [-0.4, -0.2) is 33.8 Å². The summed E-state index contributed by atoms with van der Waals surface area (Å²) in [6, 6.07) is 10.4. The number of aromatic nitrogens is 2. The fraction of sp³-hybridized carbons (Fsp3) is 0.0588. The van der Waals surface area contributed by atoms with Crippen molar-refractivity contribution < 1.29 is 14.7 Å². The molecule has 1 aromatic heterocycles. The molecule has 0 aliphatic carbocycles. The molecule has 1 aliphatic rings. The Hall–Kier alpha value is -3.40. The number of fused-ring (bicyclic) bond motifs is 2. The molecular weight excluding hydrogens is 416 g/mol.